The minimum Gasteiger partial charge on any atom is -0.475 e. The lowest BCUT2D eigenvalue weighted by atomic mass is 10.0. The molecule has 2 heterocycles. The maximum atomic E-state index is 11.0. The van der Waals surface area contributed by atoms with Crippen LogP contribution in [0.3, 0.4) is 0 Å². The average Bonchev–Trinajstić information content (AvgIpc) is 2.86. The van der Waals surface area contributed by atoms with Gasteiger partial charge in [0.1, 0.15) is 0 Å². The third-order valence-corrected chi connectivity index (χ3v) is 3.23. The number of carbonyl (C=O) groups is 1. The lowest BCUT2D eigenvalue weighted by Crippen LogP contribution is -2.00. The van der Waals surface area contributed by atoms with Crippen LogP contribution in [0.25, 0.3) is 17.0 Å². The Hall–Kier alpha value is -2.76. The summed E-state index contributed by atoms with van der Waals surface area (Å²) in [7, 11) is 0. The molecule has 1 N–H and O–H groups in total. The van der Waals surface area contributed by atoms with Crippen LogP contribution in [-0.2, 0) is 0 Å². The van der Waals surface area contributed by atoms with Gasteiger partial charge in [0.15, 0.2) is 0 Å². The van der Waals surface area contributed by atoms with Gasteiger partial charge in [0.25, 0.3) is 11.6 Å². The fraction of sp³-hybridized carbons (Fsp3) is 0.143. The smallest absolute Gasteiger partial charge is 0.375 e. The minimum absolute atomic E-state index is 0.256. The Morgan fingerprint density at radius 2 is 2.00 bits per heavy atom. The number of aromatic nitrogens is 4. The van der Waals surface area contributed by atoms with E-state index in [1.54, 1.807) is 12.3 Å². The van der Waals surface area contributed by atoms with Crippen LogP contribution < -0.4 is 0 Å². The minimum atomic E-state index is -1.17. The highest BCUT2D eigenvalue weighted by Gasteiger charge is 2.14. The quantitative estimate of drug-likeness (QED) is 0.769. The Labute approximate surface area is 114 Å². The van der Waals surface area contributed by atoms with Gasteiger partial charge in [-0.2, -0.15) is 9.50 Å². The predicted octanol–water partition coefficient (Wildman–Crippen LogP) is 2.11. The Morgan fingerprint density at radius 1 is 1.20 bits per heavy atom. The third kappa shape index (κ3) is 1.91. The van der Waals surface area contributed by atoms with Crippen molar-refractivity contribution in [3.63, 3.8) is 0 Å². The summed E-state index contributed by atoms with van der Waals surface area (Å²) in [4.78, 5) is 18.9. The molecule has 0 aliphatic heterocycles. The molecule has 0 saturated carbocycles. The first-order valence-electron chi connectivity index (χ1n) is 6.09. The average molecular weight is 268 g/mol. The van der Waals surface area contributed by atoms with Crippen molar-refractivity contribution in [2.75, 3.05) is 0 Å². The predicted molar refractivity (Wildman–Crippen MR) is 72.7 cm³/mol. The third-order valence-electron chi connectivity index (χ3n) is 3.23. The van der Waals surface area contributed by atoms with Crippen LogP contribution in [0.2, 0.25) is 0 Å². The summed E-state index contributed by atoms with van der Waals surface area (Å²) in [5, 5.41) is 12.9. The molecule has 0 bridgehead atoms. The molecule has 2 aromatic heterocycles. The van der Waals surface area contributed by atoms with Gasteiger partial charge in [-0.25, -0.2) is 9.78 Å². The van der Waals surface area contributed by atoms with Gasteiger partial charge in [-0.15, -0.1) is 5.10 Å². The molecule has 0 aliphatic rings. The molecule has 0 amide bonds. The Bertz CT molecular complexity index is 823. The first kappa shape index (κ1) is 12.3. The van der Waals surface area contributed by atoms with E-state index in [0.29, 0.717) is 0 Å². The van der Waals surface area contributed by atoms with Gasteiger partial charge in [0.2, 0.25) is 0 Å². The standard InChI is InChI=1S/C14H12N4O2/c1-8-3-4-10(7-9(8)2)11-5-6-15-14-16-12(13(19)20)17-18(11)14/h3-7H,1-2H3,(H,19,20). The van der Waals surface area contributed by atoms with Crippen LogP contribution in [0, 0.1) is 13.8 Å². The molecule has 100 valence electrons. The molecule has 0 saturated heterocycles. The van der Waals surface area contributed by atoms with E-state index in [1.807, 2.05) is 32.0 Å². The first-order chi connectivity index (χ1) is 9.56. The van der Waals surface area contributed by atoms with Crippen LogP contribution in [0.5, 0.6) is 0 Å². The Morgan fingerprint density at radius 3 is 2.70 bits per heavy atom. The fourth-order valence-electron chi connectivity index (χ4n) is 2.00. The summed E-state index contributed by atoms with van der Waals surface area (Å²) < 4.78 is 1.45. The highest BCUT2D eigenvalue weighted by molar-refractivity contribution is 5.83. The van der Waals surface area contributed by atoms with Crippen LogP contribution in [0.1, 0.15) is 21.7 Å². The van der Waals surface area contributed by atoms with Crippen molar-refractivity contribution >= 4 is 11.7 Å². The zero-order chi connectivity index (χ0) is 14.3. The summed E-state index contributed by atoms with van der Waals surface area (Å²) in [5.74, 6) is -1.14. The SMILES string of the molecule is Cc1ccc(-c2ccnc3nc(C(=O)O)nn23)cc1C. The second-order valence-electron chi connectivity index (χ2n) is 4.58. The van der Waals surface area contributed by atoms with Crippen molar-refractivity contribution in [1.29, 1.82) is 0 Å². The molecule has 0 unspecified atom stereocenters. The normalized spacial score (nSPS) is 10.9. The summed E-state index contributed by atoms with van der Waals surface area (Å²) in [6.45, 7) is 4.07. The van der Waals surface area contributed by atoms with Crippen molar-refractivity contribution in [3.8, 4) is 11.3 Å². The molecule has 0 atom stereocenters. The molecular weight excluding hydrogens is 256 g/mol. The molecule has 3 aromatic rings. The van der Waals surface area contributed by atoms with Crippen molar-refractivity contribution in [3.05, 3.63) is 47.4 Å². The van der Waals surface area contributed by atoms with E-state index in [2.05, 4.69) is 15.1 Å². The number of aromatic carboxylic acids is 1. The summed E-state index contributed by atoms with van der Waals surface area (Å²) >= 11 is 0. The fourth-order valence-corrected chi connectivity index (χ4v) is 2.00. The zero-order valence-corrected chi connectivity index (χ0v) is 11.0. The number of rotatable bonds is 2. The van der Waals surface area contributed by atoms with Gasteiger partial charge in [0.05, 0.1) is 5.69 Å². The first-order valence-corrected chi connectivity index (χ1v) is 6.09. The summed E-state index contributed by atoms with van der Waals surface area (Å²) in [6, 6.07) is 7.81. The molecule has 6 heteroatoms. The molecule has 3 rings (SSSR count). The van der Waals surface area contributed by atoms with Crippen LogP contribution in [0.4, 0.5) is 0 Å². The maximum Gasteiger partial charge on any atom is 0.375 e. The molecule has 0 aliphatic carbocycles. The largest absolute Gasteiger partial charge is 0.475 e. The molecule has 1 aromatic carbocycles. The zero-order valence-electron chi connectivity index (χ0n) is 11.0. The number of aryl methyl sites for hydroxylation is 2. The topological polar surface area (TPSA) is 80.4 Å². The number of hydrogen-bond acceptors (Lipinski definition) is 4. The highest BCUT2D eigenvalue weighted by Crippen LogP contribution is 2.21. The Balaban J connectivity index is 2.24. The van der Waals surface area contributed by atoms with Crippen LogP contribution in [0.15, 0.2) is 30.5 Å². The lowest BCUT2D eigenvalue weighted by Gasteiger charge is -2.06. The van der Waals surface area contributed by atoms with E-state index in [-0.39, 0.29) is 11.6 Å². The van der Waals surface area contributed by atoms with E-state index in [1.165, 1.54) is 10.1 Å². The van der Waals surface area contributed by atoms with Crippen molar-refractivity contribution < 1.29 is 9.90 Å². The van der Waals surface area contributed by atoms with Gasteiger partial charge in [-0.3, -0.25) is 0 Å². The van der Waals surface area contributed by atoms with Gasteiger partial charge < -0.3 is 5.11 Å². The van der Waals surface area contributed by atoms with Crippen molar-refractivity contribution in [1.82, 2.24) is 19.6 Å². The molecule has 6 nitrogen and oxygen atoms in total. The lowest BCUT2D eigenvalue weighted by molar-refractivity contribution is 0.0684. The molecule has 0 radical (unpaired) electrons. The van der Waals surface area contributed by atoms with Crippen molar-refractivity contribution in [2.45, 2.75) is 13.8 Å². The molecule has 20 heavy (non-hydrogen) atoms. The number of hydrogen-bond donors (Lipinski definition) is 1. The molecule has 0 fully saturated rings. The monoisotopic (exact) mass is 268 g/mol. The van der Waals surface area contributed by atoms with Crippen LogP contribution in [-0.4, -0.2) is 30.7 Å². The van der Waals surface area contributed by atoms with E-state index >= 15 is 0 Å². The summed E-state index contributed by atoms with van der Waals surface area (Å²) in [5.41, 5.74) is 4.07. The number of nitrogens with zero attached hydrogens (tertiary/aromatic N) is 4. The summed E-state index contributed by atoms with van der Waals surface area (Å²) in [6.07, 6.45) is 1.60. The maximum absolute atomic E-state index is 11.0. The number of carboxylic acid groups (broad SMARTS) is 1. The number of fused-ring (bicyclic) bond motifs is 1. The van der Waals surface area contributed by atoms with E-state index < -0.39 is 5.97 Å². The highest BCUT2D eigenvalue weighted by atomic mass is 16.4. The Kier molecular flexibility index (Phi) is 2.71. The van der Waals surface area contributed by atoms with Crippen LogP contribution >= 0.6 is 0 Å². The number of carboxylic acids is 1. The van der Waals surface area contributed by atoms with Gasteiger partial charge in [-0.05, 0) is 37.1 Å². The van der Waals surface area contributed by atoms with Gasteiger partial charge in [0, 0.05) is 11.8 Å². The second kappa shape index (κ2) is 4.41. The molecule has 0 spiro atoms. The van der Waals surface area contributed by atoms with Gasteiger partial charge in [-0.1, -0.05) is 12.1 Å². The number of benzene rings is 1. The molecular formula is C14H12N4O2. The van der Waals surface area contributed by atoms with Crippen molar-refractivity contribution in [2.24, 2.45) is 0 Å². The van der Waals surface area contributed by atoms with Gasteiger partial charge >= 0.3 is 5.97 Å². The second-order valence-corrected chi connectivity index (χ2v) is 4.58. The van der Waals surface area contributed by atoms with E-state index in [9.17, 15) is 4.79 Å². The van der Waals surface area contributed by atoms with E-state index in [0.717, 1.165) is 16.8 Å². The van der Waals surface area contributed by atoms with E-state index in [4.69, 9.17) is 5.11 Å².